The Morgan fingerprint density at radius 2 is 1.88 bits per heavy atom. The molecule has 1 saturated heterocycles. The molecule has 0 spiro atoms. The van der Waals surface area contributed by atoms with Gasteiger partial charge in [-0.15, -0.1) is 10.2 Å². The molecule has 174 valence electrons. The lowest BCUT2D eigenvalue weighted by molar-refractivity contribution is -0.133. The van der Waals surface area contributed by atoms with E-state index < -0.39 is 9.84 Å². The Kier molecular flexibility index (Phi) is 7.50. The van der Waals surface area contributed by atoms with Gasteiger partial charge in [0, 0.05) is 36.6 Å². The predicted octanol–water partition coefficient (Wildman–Crippen LogP) is 3.19. The largest absolute Gasteiger partial charge is 0.335 e. The van der Waals surface area contributed by atoms with Crippen molar-refractivity contribution in [2.45, 2.75) is 75.7 Å². The molecule has 2 aliphatic rings. The number of pyridine rings is 1. The second-order valence-electron chi connectivity index (χ2n) is 8.63. The van der Waals surface area contributed by atoms with Crippen LogP contribution in [0.1, 0.15) is 51.9 Å². The topological polar surface area (TPSA) is 98.1 Å². The van der Waals surface area contributed by atoms with E-state index in [0.717, 1.165) is 55.2 Å². The normalized spacial score (nSPS) is 21.0. The smallest absolute Gasteiger partial charge is 0.233 e. The Morgan fingerprint density at radius 3 is 2.53 bits per heavy atom. The van der Waals surface area contributed by atoms with E-state index in [2.05, 4.69) is 26.7 Å². The third-order valence-electron chi connectivity index (χ3n) is 6.29. The van der Waals surface area contributed by atoms with Crippen LogP contribution in [0, 0.1) is 0 Å². The average molecular weight is 478 g/mol. The minimum Gasteiger partial charge on any atom is -0.335 e. The summed E-state index contributed by atoms with van der Waals surface area (Å²) in [5.41, 5.74) is 0.944. The first-order valence-electron chi connectivity index (χ1n) is 11.5. The quantitative estimate of drug-likeness (QED) is 0.539. The Bertz CT molecular complexity index is 1020. The molecule has 10 heteroatoms. The van der Waals surface area contributed by atoms with Crippen LogP contribution in [0.25, 0.3) is 11.4 Å². The van der Waals surface area contributed by atoms with Crippen LogP contribution in [0.15, 0.2) is 29.7 Å². The van der Waals surface area contributed by atoms with Gasteiger partial charge in [-0.2, -0.15) is 0 Å². The number of sulfone groups is 1. The maximum absolute atomic E-state index is 13.4. The van der Waals surface area contributed by atoms with Gasteiger partial charge in [0.05, 0.1) is 17.3 Å². The van der Waals surface area contributed by atoms with Crippen LogP contribution in [0.5, 0.6) is 0 Å². The van der Waals surface area contributed by atoms with Crippen LogP contribution in [0.4, 0.5) is 0 Å². The lowest BCUT2D eigenvalue weighted by Crippen LogP contribution is -2.49. The fourth-order valence-electron chi connectivity index (χ4n) is 4.80. The van der Waals surface area contributed by atoms with Gasteiger partial charge in [0.15, 0.2) is 20.8 Å². The van der Waals surface area contributed by atoms with Crippen LogP contribution >= 0.6 is 11.8 Å². The molecule has 0 aromatic carbocycles. The van der Waals surface area contributed by atoms with Gasteiger partial charge in [0.25, 0.3) is 0 Å². The van der Waals surface area contributed by atoms with Crippen molar-refractivity contribution in [2.24, 2.45) is 0 Å². The zero-order valence-corrected chi connectivity index (χ0v) is 20.2. The summed E-state index contributed by atoms with van der Waals surface area (Å²) in [6.45, 7) is 2.86. The molecular weight excluding hydrogens is 446 g/mol. The average Bonchev–Trinajstić information content (AvgIpc) is 3.36. The maximum Gasteiger partial charge on any atom is 0.233 e. The summed E-state index contributed by atoms with van der Waals surface area (Å²) in [7, 11) is -3.05. The number of thioether (sulfide) groups is 1. The van der Waals surface area contributed by atoms with Crippen LogP contribution in [0.2, 0.25) is 0 Å². The second kappa shape index (κ2) is 10.3. The van der Waals surface area contributed by atoms with Gasteiger partial charge in [-0.3, -0.25) is 9.78 Å². The van der Waals surface area contributed by atoms with Crippen molar-refractivity contribution < 1.29 is 13.2 Å². The number of aromatic nitrogens is 4. The van der Waals surface area contributed by atoms with Gasteiger partial charge >= 0.3 is 0 Å². The first-order valence-corrected chi connectivity index (χ1v) is 14.3. The number of hydrogen-bond donors (Lipinski definition) is 0. The van der Waals surface area contributed by atoms with Crippen LogP contribution < -0.4 is 0 Å². The molecule has 1 unspecified atom stereocenters. The lowest BCUT2D eigenvalue weighted by atomic mass is 9.93. The van der Waals surface area contributed by atoms with Gasteiger partial charge in [-0.1, -0.05) is 37.9 Å². The Balaban J connectivity index is 1.51. The zero-order chi connectivity index (χ0) is 22.6. The van der Waals surface area contributed by atoms with E-state index in [1.807, 2.05) is 17.0 Å². The summed E-state index contributed by atoms with van der Waals surface area (Å²) in [4.78, 5) is 19.4. The van der Waals surface area contributed by atoms with E-state index in [1.54, 1.807) is 12.4 Å². The molecule has 3 heterocycles. The van der Waals surface area contributed by atoms with E-state index in [1.165, 1.54) is 18.2 Å². The maximum atomic E-state index is 13.4. The van der Waals surface area contributed by atoms with Crippen molar-refractivity contribution in [3.05, 3.63) is 24.5 Å². The molecule has 4 rings (SSSR count). The van der Waals surface area contributed by atoms with E-state index in [0.29, 0.717) is 6.42 Å². The Morgan fingerprint density at radius 1 is 1.12 bits per heavy atom. The van der Waals surface area contributed by atoms with Gasteiger partial charge in [0.2, 0.25) is 5.91 Å². The molecule has 8 nitrogen and oxygen atoms in total. The highest BCUT2D eigenvalue weighted by molar-refractivity contribution is 7.99. The molecule has 2 aromatic rings. The first-order chi connectivity index (χ1) is 15.5. The number of rotatable bonds is 8. The molecule has 0 bridgehead atoms. The van der Waals surface area contributed by atoms with Crippen LogP contribution in [-0.2, 0) is 21.2 Å². The van der Waals surface area contributed by atoms with Crippen molar-refractivity contribution in [3.8, 4) is 11.4 Å². The third-order valence-corrected chi connectivity index (χ3v) is 8.99. The summed E-state index contributed by atoms with van der Waals surface area (Å²) in [5, 5.41) is 9.46. The number of nitrogens with zero attached hydrogens (tertiary/aromatic N) is 5. The molecule has 0 radical (unpaired) electrons. The van der Waals surface area contributed by atoms with Crippen LogP contribution in [0.3, 0.4) is 0 Å². The molecule has 32 heavy (non-hydrogen) atoms. The highest BCUT2D eigenvalue weighted by atomic mass is 32.2. The highest BCUT2D eigenvalue weighted by Crippen LogP contribution is 2.30. The van der Waals surface area contributed by atoms with Crippen molar-refractivity contribution in [1.29, 1.82) is 0 Å². The summed E-state index contributed by atoms with van der Waals surface area (Å²) in [5.74, 6) is 1.31. The number of hydrogen-bond acceptors (Lipinski definition) is 7. The van der Waals surface area contributed by atoms with Crippen molar-refractivity contribution >= 4 is 27.5 Å². The fourth-order valence-corrected chi connectivity index (χ4v) is 7.34. The Hall–Kier alpha value is -1.94. The minimum atomic E-state index is -3.05. The van der Waals surface area contributed by atoms with E-state index in [9.17, 15) is 13.2 Å². The summed E-state index contributed by atoms with van der Waals surface area (Å²) in [6, 6.07) is 3.76. The van der Waals surface area contributed by atoms with Crippen molar-refractivity contribution in [3.63, 3.8) is 0 Å². The molecule has 1 aliphatic carbocycles. The molecule has 1 aliphatic heterocycles. The lowest BCUT2D eigenvalue weighted by Gasteiger charge is -2.38. The molecule has 2 fully saturated rings. The Labute approximate surface area is 194 Å². The van der Waals surface area contributed by atoms with E-state index in [4.69, 9.17) is 0 Å². The highest BCUT2D eigenvalue weighted by Gasteiger charge is 2.38. The standard InChI is InChI=1S/C22H31N5O3S2/c1-2-13-26-21(17-8-11-23-12-9-17)24-25-22(26)31-15-20(28)27(18-6-4-3-5-7-18)19-10-14-32(29,30)16-19/h8-9,11-12,18-19H,2-7,10,13-16H2,1H3. The number of carbonyl (C=O) groups excluding carboxylic acids is 1. The van der Waals surface area contributed by atoms with Gasteiger partial charge in [-0.25, -0.2) is 8.42 Å². The molecule has 1 saturated carbocycles. The van der Waals surface area contributed by atoms with E-state index >= 15 is 0 Å². The third kappa shape index (κ3) is 5.33. The van der Waals surface area contributed by atoms with Crippen LogP contribution in [-0.4, -0.2) is 68.3 Å². The molecule has 0 N–H and O–H groups in total. The summed E-state index contributed by atoms with van der Waals surface area (Å²) < 4.78 is 26.3. The van der Waals surface area contributed by atoms with Gasteiger partial charge in [0.1, 0.15) is 0 Å². The van der Waals surface area contributed by atoms with E-state index in [-0.39, 0.29) is 35.2 Å². The fraction of sp³-hybridized carbons (Fsp3) is 0.636. The molecule has 2 aromatic heterocycles. The summed E-state index contributed by atoms with van der Waals surface area (Å²) in [6.07, 6.45) is 10.2. The second-order valence-corrected chi connectivity index (χ2v) is 11.8. The van der Waals surface area contributed by atoms with Gasteiger partial charge < -0.3 is 9.47 Å². The number of amides is 1. The molecular formula is C22H31N5O3S2. The molecule has 1 atom stereocenters. The summed E-state index contributed by atoms with van der Waals surface area (Å²) >= 11 is 1.39. The zero-order valence-electron chi connectivity index (χ0n) is 18.5. The predicted molar refractivity (Wildman–Crippen MR) is 125 cm³/mol. The first kappa shape index (κ1) is 23.2. The van der Waals surface area contributed by atoms with Gasteiger partial charge in [-0.05, 0) is 37.8 Å². The molecule has 1 amide bonds. The number of carbonyl (C=O) groups is 1. The monoisotopic (exact) mass is 477 g/mol. The minimum absolute atomic E-state index is 0.0144. The van der Waals surface area contributed by atoms with Crippen molar-refractivity contribution in [2.75, 3.05) is 17.3 Å². The van der Waals surface area contributed by atoms with Crippen molar-refractivity contribution in [1.82, 2.24) is 24.6 Å². The SMILES string of the molecule is CCCn1c(SCC(=O)N(C2CCCCC2)C2CCS(=O)(=O)C2)nnc1-c1ccncc1.